The number of carbonyl (C=O) groups is 2. The Morgan fingerprint density at radius 3 is 2.34 bits per heavy atom. The Hall–Kier alpha value is -4.21. The molecule has 0 spiro atoms. The van der Waals surface area contributed by atoms with E-state index in [2.05, 4.69) is 15.6 Å². The standard InChI is InChI=1S/C31H27F4N3O3/c1-16-3-4-19(9-21(16)24(39)14-30-11-17(12-30)13-30)22-10-23-25(28(40)36-2)26(18-5-7-20(32)8-6-18)41-29(23)38-27(22)37-15-31(33,34)35/h3-10,17H,11-15H2,1-2H3,(H,36,40)(H,37,38). The van der Waals surface area contributed by atoms with Crippen molar-refractivity contribution in [3.63, 3.8) is 0 Å². The molecule has 0 radical (unpaired) electrons. The molecule has 3 saturated carbocycles. The van der Waals surface area contributed by atoms with Gasteiger partial charge in [-0.1, -0.05) is 12.1 Å². The minimum Gasteiger partial charge on any atom is -0.437 e. The number of aryl methyl sites for hydroxylation is 1. The topological polar surface area (TPSA) is 84.2 Å². The summed E-state index contributed by atoms with van der Waals surface area (Å²) in [5.41, 5.74) is 2.57. The van der Waals surface area contributed by atoms with E-state index in [1.165, 1.54) is 31.3 Å². The fraction of sp³-hybridized carbons (Fsp3) is 0.323. The summed E-state index contributed by atoms with van der Waals surface area (Å²) in [5.74, 6) is -0.258. The zero-order valence-corrected chi connectivity index (χ0v) is 22.4. The quantitative estimate of drug-likeness (QED) is 0.173. The number of hydrogen-bond acceptors (Lipinski definition) is 5. The fourth-order valence-electron chi connectivity index (χ4n) is 6.12. The highest BCUT2D eigenvalue weighted by molar-refractivity contribution is 6.11. The van der Waals surface area contributed by atoms with Crippen molar-refractivity contribution in [2.24, 2.45) is 11.3 Å². The minimum atomic E-state index is -4.53. The summed E-state index contributed by atoms with van der Waals surface area (Å²) in [4.78, 5) is 30.7. The molecule has 0 atom stereocenters. The Balaban J connectivity index is 1.50. The average Bonchev–Trinajstić information content (AvgIpc) is 3.26. The van der Waals surface area contributed by atoms with Gasteiger partial charge < -0.3 is 15.1 Å². The molecule has 0 saturated heterocycles. The lowest BCUT2D eigenvalue weighted by Crippen LogP contribution is -2.52. The molecule has 2 aromatic carbocycles. The van der Waals surface area contributed by atoms with Crippen LogP contribution in [0.15, 0.2) is 52.9 Å². The summed E-state index contributed by atoms with van der Waals surface area (Å²) in [6.45, 7) is 0.478. The lowest BCUT2D eigenvalue weighted by Gasteiger charge is -2.62. The normalized spacial score (nSPS) is 19.4. The number of amides is 1. The number of benzene rings is 2. The van der Waals surface area contributed by atoms with Gasteiger partial charge in [-0.05, 0) is 85.0 Å². The van der Waals surface area contributed by atoms with Gasteiger partial charge in [0.1, 0.15) is 23.9 Å². The zero-order valence-electron chi connectivity index (χ0n) is 22.4. The number of hydrogen-bond donors (Lipinski definition) is 2. The van der Waals surface area contributed by atoms with Gasteiger partial charge in [-0.25, -0.2) is 4.39 Å². The fourth-order valence-corrected chi connectivity index (χ4v) is 6.12. The van der Waals surface area contributed by atoms with E-state index in [-0.39, 0.29) is 45.0 Å². The summed E-state index contributed by atoms with van der Waals surface area (Å²) in [6.07, 6.45) is -0.858. The van der Waals surface area contributed by atoms with E-state index in [4.69, 9.17) is 4.42 Å². The highest BCUT2D eigenvalue weighted by Crippen LogP contribution is 2.66. The molecule has 0 aliphatic heterocycles. The summed E-state index contributed by atoms with van der Waals surface area (Å²) >= 11 is 0. The van der Waals surface area contributed by atoms with Gasteiger partial charge in [0.25, 0.3) is 5.91 Å². The Morgan fingerprint density at radius 1 is 1.05 bits per heavy atom. The lowest BCUT2D eigenvalue weighted by atomic mass is 9.43. The number of Topliss-reactive ketones (excluding diaryl/α,β-unsaturated/α-hetero) is 1. The number of nitrogens with zero attached hydrogens (tertiary/aromatic N) is 1. The summed E-state index contributed by atoms with van der Waals surface area (Å²) in [5, 5.41) is 5.18. The van der Waals surface area contributed by atoms with Crippen molar-refractivity contribution >= 4 is 28.6 Å². The number of anilines is 1. The maximum Gasteiger partial charge on any atom is 0.405 e. The molecule has 2 bridgehead atoms. The largest absolute Gasteiger partial charge is 0.437 e. The molecule has 1 amide bonds. The first-order valence-electron chi connectivity index (χ1n) is 13.4. The number of rotatable bonds is 8. The molecule has 2 aromatic heterocycles. The number of halogens is 4. The average molecular weight is 566 g/mol. The molecule has 4 aromatic rings. The van der Waals surface area contributed by atoms with Crippen LogP contribution in [0.25, 0.3) is 33.6 Å². The van der Waals surface area contributed by atoms with E-state index < -0.39 is 24.4 Å². The number of carbonyl (C=O) groups excluding carboxylic acids is 2. The molecule has 0 unspecified atom stereocenters. The van der Waals surface area contributed by atoms with Crippen molar-refractivity contribution in [2.75, 3.05) is 18.9 Å². The van der Waals surface area contributed by atoms with Crippen LogP contribution in [0.2, 0.25) is 0 Å². The molecule has 41 heavy (non-hydrogen) atoms. The van der Waals surface area contributed by atoms with Gasteiger partial charge in [-0.3, -0.25) is 9.59 Å². The number of fused-ring (bicyclic) bond motifs is 1. The van der Waals surface area contributed by atoms with Gasteiger partial charge >= 0.3 is 6.18 Å². The van der Waals surface area contributed by atoms with Crippen molar-refractivity contribution in [2.45, 2.75) is 38.8 Å². The van der Waals surface area contributed by atoms with Crippen LogP contribution in [-0.4, -0.2) is 36.4 Å². The van der Waals surface area contributed by atoms with Crippen LogP contribution >= 0.6 is 0 Å². The highest BCUT2D eigenvalue weighted by Gasteiger charge is 2.56. The number of alkyl halides is 3. The molecule has 3 aliphatic rings. The van der Waals surface area contributed by atoms with Crippen molar-refractivity contribution in [3.05, 3.63) is 71.0 Å². The Kier molecular flexibility index (Phi) is 6.39. The number of nitrogens with one attached hydrogen (secondary N) is 2. The van der Waals surface area contributed by atoms with Crippen molar-refractivity contribution < 1.29 is 31.6 Å². The molecular weight excluding hydrogens is 538 g/mol. The molecule has 10 heteroatoms. The summed E-state index contributed by atoms with van der Waals surface area (Å²) in [6, 6.07) is 12.0. The molecule has 7 rings (SSSR count). The first-order chi connectivity index (χ1) is 19.4. The predicted octanol–water partition coefficient (Wildman–Crippen LogP) is 7.32. The van der Waals surface area contributed by atoms with Crippen LogP contribution < -0.4 is 10.6 Å². The van der Waals surface area contributed by atoms with Gasteiger partial charge in [-0.2, -0.15) is 18.2 Å². The molecule has 3 fully saturated rings. The Morgan fingerprint density at radius 2 is 1.73 bits per heavy atom. The van der Waals surface area contributed by atoms with Crippen LogP contribution in [0, 0.1) is 24.1 Å². The van der Waals surface area contributed by atoms with Crippen molar-refractivity contribution in [1.82, 2.24) is 10.3 Å². The van der Waals surface area contributed by atoms with Crippen LogP contribution in [0.3, 0.4) is 0 Å². The van der Waals surface area contributed by atoms with Crippen molar-refractivity contribution in [1.29, 1.82) is 0 Å². The van der Waals surface area contributed by atoms with Gasteiger partial charge in [0, 0.05) is 30.2 Å². The van der Waals surface area contributed by atoms with E-state index in [1.54, 1.807) is 24.3 Å². The van der Waals surface area contributed by atoms with E-state index >= 15 is 0 Å². The number of ketones is 1. The Labute approximate surface area is 233 Å². The predicted molar refractivity (Wildman–Crippen MR) is 146 cm³/mol. The maximum atomic E-state index is 13.6. The second-order valence-electron chi connectivity index (χ2n) is 11.2. The van der Waals surface area contributed by atoms with Crippen LogP contribution in [0.1, 0.15) is 52.0 Å². The smallest absolute Gasteiger partial charge is 0.405 e. The molecular formula is C31H27F4N3O3. The number of furan rings is 1. The van der Waals surface area contributed by atoms with Crippen LogP contribution in [-0.2, 0) is 0 Å². The zero-order chi connectivity index (χ0) is 29.1. The second kappa shape index (κ2) is 9.71. The first kappa shape index (κ1) is 27.0. The molecule has 6 nitrogen and oxygen atoms in total. The first-order valence-corrected chi connectivity index (χ1v) is 13.4. The monoisotopic (exact) mass is 565 g/mol. The van der Waals surface area contributed by atoms with Crippen LogP contribution in [0.5, 0.6) is 0 Å². The maximum absolute atomic E-state index is 13.6. The lowest BCUT2D eigenvalue weighted by molar-refractivity contribution is -0.115. The molecule has 2 heterocycles. The molecule has 2 N–H and O–H groups in total. The third-order valence-corrected chi connectivity index (χ3v) is 8.25. The summed E-state index contributed by atoms with van der Waals surface area (Å²) < 4.78 is 59.2. The van der Waals surface area contributed by atoms with E-state index in [0.717, 1.165) is 30.7 Å². The second-order valence-corrected chi connectivity index (χ2v) is 11.2. The number of pyridine rings is 1. The Bertz CT molecular complexity index is 1670. The van der Waals surface area contributed by atoms with Gasteiger partial charge in [0.05, 0.1) is 10.9 Å². The van der Waals surface area contributed by atoms with Gasteiger partial charge in [0.2, 0.25) is 5.71 Å². The van der Waals surface area contributed by atoms with E-state index in [1.807, 2.05) is 6.92 Å². The minimum absolute atomic E-state index is 0.00861. The molecule has 3 aliphatic carbocycles. The SMILES string of the molecule is CNC(=O)c1c(-c2ccc(F)cc2)oc2nc(NCC(F)(F)F)c(-c3ccc(C)c(C(=O)CC45CC(C4)C5)c3)cc12. The third kappa shape index (κ3) is 4.96. The molecule has 212 valence electrons. The van der Waals surface area contributed by atoms with Crippen molar-refractivity contribution in [3.8, 4) is 22.5 Å². The highest BCUT2D eigenvalue weighted by atomic mass is 19.4. The van der Waals surface area contributed by atoms with E-state index in [0.29, 0.717) is 23.1 Å². The van der Waals surface area contributed by atoms with E-state index in [9.17, 15) is 27.2 Å². The van der Waals surface area contributed by atoms with Gasteiger partial charge in [0.15, 0.2) is 5.78 Å². The summed E-state index contributed by atoms with van der Waals surface area (Å²) in [7, 11) is 1.44. The third-order valence-electron chi connectivity index (χ3n) is 8.25. The van der Waals surface area contributed by atoms with Gasteiger partial charge in [-0.15, -0.1) is 0 Å². The number of aromatic nitrogens is 1. The van der Waals surface area contributed by atoms with Crippen LogP contribution in [0.4, 0.5) is 23.4 Å².